The highest BCUT2D eigenvalue weighted by atomic mass is 31.0. The molecule has 1 N–H and O–H groups in total. The molecule has 2 aromatic rings. The van der Waals surface area contributed by atoms with E-state index in [1.807, 2.05) is 0 Å². The number of hydrogen-bond acceptors (Lipinski definition) is 2. The van der Waals surface area contributed by atoms with Crippen LogP contribution in [0.15, 0.2) is 6.07 Å². The first-order valence-electron chi connectivity index (χ1n) is 8.47. The Bertz CT molecular complexity index is 828. The Kier molecular flexibility index (Phi) is 5.05. The average molecular weight is 383 g/mol. The van der Waals surface area contributed by atoms with Crippen LogP contribution in [0.5, 0.6) is 0 Å². The molecule has 0 saturated carbocycles. The second kappa shape index (κ2) is 6.68. The van der Waals surface area contributed by atoms with Crippen LogP contribution in [0.2, 0.25) is 0 Å². The summed E-state index contributed by atoms with van der Waals surface area (Å²) in [5, 5.41) is 4.58. The maximum Gasteiger partial charge on any atom is 0.136 e. The summed E-state index contributed by atoms with van der Waals surface area (Å²) in [6, 6.07) is 1.60. The molecule has 1 aromatic carbocycles. The topological polar surface area (TPSA) is 29.9 Å². The molecule has 0 aliphatic carbocycles. The third-order valence-electron chi connectivity index (χ3n) is 4.83. The predicted octanol–water partition coefficient (Wildman–Crippen LogP) is 3.12. The summed E-state index contributed by atoms with van der Waals surface area (Å²) in [5.74, 6) is 0.720. The molecule has 7 heteroatoms. The Morgan fingerprint density at radius 1 is 1.32 bits per heavy atom. The van der Waals surface area contributed by atoms with Gasteiger partial charge in [-0.05, 0) is 31.1 Å². The zero-order valence-corrected chi connectivity index (χ0v) is 17.4. The molecule has 2 heterocycles. The summed E-state index contributed by atoms with van der Waals surface area (Å²) >= 11 is 0. The molecule has 0 spiro atoms. The fourth-order valence-electron chi connectivity index (χ4n) is 3.56. The summed E-state index contributed by atoms with van der Waals surface area (Å²) in [6.45, 7) is 9.37. The third-order valence-corrected chi connectivity index (χ3v) is 6.35. The first-order valence-corrected chi connectivity index (χ1v) is 9.63. The monoisotopic (exact) mass is 383 g/mol. The van der Waals surface area contributed by atoms with E-state index in [-0.39, 0.29) is 17.0 Å². The van der Waals surface area contributed by atoms with Crippen molar-refractivity contribution in [2.45, 2.75) is 52.4 Å². The first kappa shape index (κ1) is 18.9. The van der Waals surface area contributed by atoms with Gasteiger partial charge in [-0.25, -0.2) is 13.8 Å². The lowest BCUT2D eigenvalue weighted by Crippen LogP contribution is -2.45. The van der Waals surface area contributed by atoms with E-state index < -0.39 is 12.5 Å². The number of rotatable bonds is 3. The van der Waals surface area contributed by atoms with Crippen LogP contribution in [0.3, 0.4) is 0 Å². The fourth-order valence-corrected chi connectivity index (χ4v) is 4.24. The van der Waals surface area contributed by atoms with E-state index in [0.29, 0.717) is 10.6 Å². The minimum absolute atomic E-state index is 0.0734. The summed E-state index contributed by atoms with van der Waals surface area (Å²) in [5.41, 5.74) is 2.56. The number of nitrogens with zero attached hydrogens (tertiary/aromatic N) is 2. The van der Waals surface area contributed by atoms with Crippen LogP contribution in [0.4, 0.5) is 8.78 Å². The van der Waals surface area contributed by atoms with Crippen molar-refractivity contribution in [2.75, 3.05) is 6.54 Å². The van der Waals surface area contributed by atoms with Crippen molar-refractivity contribution in [1.82, 2.24) is 14.9 Å². The molecular weight excluding hydrogens is 358 g/mol. The van der Waals surface area contributed by atoms with Gasteiger partial charge in [-0.1, -0.05) is 13.8 Å². The Morgan fingerprint density at radius 3 is 2.60 bits per heavy atom. The van der Waals surface area contributed by atoms with Gasteiger partial charge in [0.2, 0.25) is 0 Å². The number of halogens is 2. The van der Waals surface area contributed by atoms with Gasteiger partial charge in [-0.3, -0.25) is 0 Å². The summed E-state index contributed by atoms with van der Waals surface area (Å²) in [6.07, 6.45) is 0. The second-order valence-electron chi connectivity index (χ2n) is 7.39. The smallest absolute Gasteiger partial charge is 0.136 e. The third kappa shape index (κ3) is 3.05. The molecule has 136 valence electrons. The largest absolute Gasteiger partial charge is 0.328 e. The minimum atomic E-state index is -0.831. The molecule has 2 unspecified atom stereocenters. The van der Waals surface area contributed by atoms with Crippen molar-refractivity contribution >= 4 is 29.1 Å². The van der Waals surface area contributed by atoms with E-state index in [0.717, 1.165) is 35.9 Å². The van der Waals surface area contributed by atoms with Gasteiger partial charge in [-0.15, -0.1) is 18.5 Å². The van der Waals surface area contributed by atoms with Gasteiger partial charge in [0.1, 0.15) is 18.3 Å². The lowest BCUT2D eigenvalue weighted by Gasteiger charge is -2.32. The molecule has 1 aliphatic rings. The highest BCUT2D eigenvalue weighted by Gasteiger charge is 2.34. The van der Waals surface area contributed by atoms with Gasteiger partial charge in [-0.2, -0.15) is 0 Å². The quantitative estimate of drug-likeness (QED) is 0.826. The normalized spacial score (nSPS) is 16.4. The lowest BCUT2D eigenvalue weighted by atomic mass is 10.0. The Balaban J connectivity index is 2.32. The Labute approximate surface area is 152 Å². The predicted molar refractivity (Wildman–Crippen MR) is 106 cm³/mol. The van der Waals surface area contributed by atoms with Gasteiger partial charge >= 0.3 is 0 Å². The maximum absolute atomic E-state index is 14.3. The molecule has 0 fully saturated rings. The number of aromatic nitrogens is 2. The van der Waals surface area contributed by atoms with Crippen LogP contribution in [0.25, 0.3) is 11.3 Å². The highest BCUT2D eigenvalue weighted by molar-refractivity contribution is 7.36. The number of hydrogen-bond donors (Lipinski definition) is 1. The van der Waals surface area contributed by atoms with Gasteiger partial charge in [0, 0.05) is 35.2 Å². The van der Waals surface area contributed by atoms with Crippen molar-refractivity contribution in [2.24, 2.45) is 0 Å². The molecular formula is C18H25F2N3P2. The van der Waals surface area contributed by atoms with Gasteiger partial charge in [0.25, 0.3) is 0 Å². The number of imidazole rings is 1. The van der Waals surface area contributed by atoms with Crippen molar-refractivity contribution in [3.8, 4) is 11.3 Å². The van der Waals surface area contributed by atoms with E-state index in [2.05, 4.69) is 56.1 Å². The van der Waals surface area contributed by atoms with Crippen LogP contribution in [0, 0.1) is 5.82 Å². The van der Waals surface area contributed by atoms with Crippen molar-refractivity contribution in [3.05, 3.63) is 29.0 Å². The fraction of sp³-hybridized carbons (Fsp3) is 0.500. The summed E-state index contributed by atoms with van der Waals surface area (Å²) in [7, 11) is 4.98. The minimum Gasteiger partial charge on any atom is -0.328 e. The molecule has 3 rings (SSSR count). The van der Waals surface area contributed by atoms with Crippen LogP contribution in [-0.4, -0.2) is 16.1 Å². The van der Waals surface area contributed by atoms with Crippen molar-refractivity contribution < 1.29 is 8.78 Å². The number of fused-ring (bicyclic) bond motifs is 1. The number of benzene rings is 1. The van der Waals surface area contributed by atoms with Crippen LogP contribution >= 0.6 is 18.5 Å². The van der Waals surface area contributed by atoms with Crippen LogP contribution < -0.4 is 15.9 Å². The van der Waals surface area contributed by atoms with E-state index in [1.165, 1.54) is 0 Å². The van der Waals surface area contributed by atoms with Crippen molar-refractivity contribution in [1.29, 1.82) is 0 Å². The SMILES string of the molecule is CC(C)c1c(-c2cc(CF)c(F)c(P)c2P)nc2n1CCNC2(C)C. The molecule has 0 amide bonds. The molecule has 0 bridgehead atoms. The van der Waals surface area contributed by atoms with E-state index in [9.17, 15) is 8.78 Å². The lowest BCUT2D eigenvalue weighted by molar-refractivity contribution is 0.311. The Hall–Kier alpha value is -0.890. The van der Waals surface area contributed by atoms with Crippen LogP contribution in [-0.2, 0) is 18.8 Å². The molecule has 2 atom stereocenters. The number of alkyl halides is 1. The molecule has 0 saturated heterocycles. The molecule has 3 nitrogen and oxygen atoms in total. The summed E-state index contributed by atoms with van der Waals surface area (Å²) < 4.78 is 29.8. The standard InChI is InChI=1S/C18H25F2N3P2/c1-9(2)14-13(22-17-18(3,4)21-5-6-23(14)17)11-7-10(8-19)12(20)16(25)15(11)24/h7,9,21H,5-6,8,24-25H2,1-4H3. The van der Waals surface area contributed by atoms with Crippen LogP contribution in [0.1, 0.15) is 50.7 Å². The number of nitrogens with one attached hydrogen (secondary N) is 1. The molecule has 0 radical (unpaired) electrons. The maximum atomic E-state index is 14.3. The van der Waals surface area contributed by atoms with E-state index in [4.69, 9.17) is 4.98 Å². The van der Waals surface area contributed by atoms with E-state index >= 15 is 0 Å². The second-order valence-corrected chi connectivity index (χ2v) is 8.54. The van der Waals surface area contributed by atoms with E-state index in [1.54, 1.807) is 6.07 Å². The first-order chi connectivity index (χ1) is 11.7. The summed E-state index contributed by atoms with van der Waals surface area (Å²) in [4.78, 5) is 4.93. The molecule has 25 heavy (non-hydrogen) atoms. The average Bonchev–Trinajstić information content (AvgIpc) is 2.94. The highest BCUT2D eigenvalue weighted by Crippen LogP contribution is 2.35. The van der Waals surface area contributed by atoms with Crippen molar-refractivity contribution in [3.63, 3.8) is 0 Å². The van der Waals surface area contributed by atoms with Gasteiger partial charge < -0.3 is 9.88 Å². The zero-order valence-electron chi connectivity index (χ0n) is 15.1. The molecule has 1 aliphatic heterocycles. The zero-order chi connectivity index (χ0) is 18.5. The van der Waals surface area contributed by atoms with Gasteiger partial charge in [0.15, 0.2) is 0 Å². The Morgan fingerprint density at radius 2 is 2.00 bits per heavy atom. The molecule has 1 aromatic heterocycles. The van der Waals surface area contributed by atoms with Gasteiger partial charge in [0.05, 0.1) is 11.2 Å².